The number of benzene rings is 1. The predicted molar refractivity (Wildman–Crippen MR) is 86.4 cm³/mol. The molecule has 0 unspecified atom stereocenters. The minimum atomic E-state index is -0.470. The first kappa shape index (κ1) is 16.0. The summed E-state index contributed by atoms with van der Waals surface area (Å²) >= 11 is 0. The van der Waals surface area contributed by atoms with Crippen molar-refractivity contribution in [3.63, 3.8) is 0 Å². The maximum Gasteiger partial charge on any atom is 0.270 e. The molecule has 1 heterocycles. The quantitative estimate of drug-likeness (QED) is 0.382. The van der Waals surface area contributed by atoms with Crippen molar-refractivity contribution in [2.45, 2.75) is 0 Å². The van der Waals surface area contributed by atoms with Gasteiger partial charge in [-0.3, -0.25) is 14.9 Å². The second kappa shape index (κ2) is 7.60. The van der Waals surface area contributed by atoms with E-state index in [9.17, 15) is 14.9 Å². The molecule has 7 nitrogen and oxygen atoms in total. The fourth-order valence-electron chi connectivity index (χ4n) is 1.74. The lowest BCUT2D eigenvalue weighted by Gasteiger charge is -2.00. The van der Waals surface area contributed by atoms with Crippen LogP contribution in [0.3, 0.4) is 0 Å². The van der Waals surface area contributed by atoms with Crippen molar-refractivity contribution >= 4 is 17.7 Å². The number of nitrogens with one attached hydrogen (secondary N) is 1. The summed E-state index contributed by atoms with van der Waals surface area (Å²) < 4.78 is 0. The summed E-state index contributed by atoms with van der Waals surface area (Å²) in [6, 6.07) is 6.09. The van der Waals surface area contributed by atoms with Crippen LogP contribution < -0.4 is 5.32 Å². The third kappa shape index (κ3) is 4.57. The number of carbonyl (C=O) groups is 1. The molecule has 0 saturated carbocycles. The highest BCUT2D eigenvalue weighted by molar-refractivity contribution is 5.91. The third-order valence-electron chi connectivity index (χ3n) is 2.83. The molecular weight excluding hydrogens is 296 g/mol. The van der Waals surface area contributed by atoms with E-state index in [1.807, 2.05) is 0 Å². The maximum atomic E-state index is 11.4. The van der Waals surface area contributed by atoms with Crippen LogP contribution in [0.15, 0.2) is 55.4 Å². The lowest BCUT2D eigenvalue weighted by atomic mass is 10.2. The zero-order valence-electron chi connectivity index (χ0n) is 12.2. The van der Waals surface area contributed by atoms with Gasteiger partial charge < -0.3 is 5.32 Å². The highest BCUT2D eigenvalue weighted by atomic mass is 16.6. The third-order valence-corrected chi connectivity index (χ3v) is 2.83. The van der Waals surface area contributed by atoms with E-state index in [1.165, 1.54) is 18.2 Å². The van der Waals surface area contributed by atoms with Crippen molar-refractivity contribution in [2.24, 2.45) is 0 Å². The van der Waals surface area contributed by atoms with Gasteiger partial charge in [0.2, 0.25) is 5.91 Å². The van der Waals surface area contributed by atoms with Gasteiger partial charge in [0, 0.05) is 48.3 Å². The Morgan fingerprint density at radius 3 is 2.74 bits per heavy atom. The van der Waals surface area contributed by atoms with E-state index in [0.717, 1.165) is 0 Å². The molecule has 0 atom stereocenters. The molecule has 0 saturated heterocycles. The normalized spacial score (nSPS) is 10.4. The van der Waals surface area contributed by atoms with Crippen LogP contribution in [-0.2, 0) is 4.79 Å². The Morgan fingerprint density at radius 1 is 1.35 bits per heavy atom. The van der Waals surface area contributed by atoms with Gasteiger partial charge in [0.05, 0.1) is 4.92 Å². The molecule has 0 spiro atoms. The van der Waals surface area contributed by atoms with Gasteiger partial charge in [0.25, 0.3) is 5.69 Å². The van der Waals surface area contributed by atoms with Gasteiger partial charge in [-0.25, -0.2) is 9.97 Å². The molecule has 1 aromatic carbocycles. The number of nitro benzene ring substituents is 1. The van der Waals surface area contributed by atoms with Gasteiger partial charge >= 0.3 is 0 Å². The highest BCUT2D eigenvalue weighted by Gasteiger charge is 2.08. The first-order valence-electron chi connectivity index (χ1n) is 6.74. The molecule has 23 heavy (non-hydrogen) atoms. The number of nitro groups is 1. The largest absolute Gasteiger partial charge is 0.349 e. The van der Waals surface area contributed by atoms with Crippen LogP contribution in [0.4, 0.5) is 5.69 Å². The second-order valence-electron chi connectivity index (χ2n) is 4.51. The van der Waals surface area contributed by atoms with Gasteiger partial charge in [-0.2, -0.15) is 0 Å². The summed E-state index contributed by atoms with van der Waals surface area (Å²) in [7, 11) is 0. The topological polar surface area (TPSA) is 98.0 Å². The number of amides is 1. The molecule has 0 aliphatic heterocycles. The lowest BCUT2D eigenvalue weighted by Crippen LogP contribution is -2.20. The van der Waals surface area contributed by atoms with Gasteiger partial charge in [0.1, 0.15) is 0 Å². The summed E-state index contributed by atoms with van der Waals surface area (Å²) in [4.78, 5) is 30.0. The van der Waals surface area contributed by atoms with Crippen LogP contribution in [-0.4, -0.2) is 27.3 Å². The molecule has 0 fully saturated rings. The first-order chi connectivity index (χ1) is 11.1. The molecule has 0 radical (unpaired) electrons. The van der Waals surface area contributed by atoms with E-state index < -0.39 is 4.92 Å². The van der Waals surface area contributed by atoms with Crippen molar-refractivity contribution in [3.8, 4) is 11.4 Å². The van der Waals surface area contributed by atoms with Crippen LogP contribution in [0.2, 0.25) is 0 Å². The first-order valence-corrected chi connectivity index (χ1v) is 6.74. The number of hydrogen-bond donors (Lipinski definition) is 1. The molecule has 116 valence electrons. The Hall–Kier alpha value is -3.35. The van der Waals surface area contributed by atoms with Crippen molar-refractivity contribution in [1.82, 2.24) is 15.3 Å². The Bertz CT molecular complexity index is 754. The van der Waals surface area contributed by atoms with Gasteiger partial charge in [-0.05, 0) is 6.08 Å². The van der Waals surface area contributed by atoms with Crippen molar-refractivity contribution in [2.75, 3.05) is 6.54 Å². The van der Waals surface area contributed by atoms with Crippen molar-refractivity contribution in [3.05, 3.63) is 71.1 Å². The van der Waals surface area contributed by atoms with Crippen LogP contribution in [0.5, 0.6) is 0 Å². The number of rotatable bonds is 6. The summed E-state index contributed by atoms with van der Waals surface area (Å²) in [6.07, 6.45) is 7.62. The fraction of sp³-hybridized carbons (Fsp3) is 0.0625. The van der Waals surface area contributed by atoms with E-state index in [4.69, 9.17) is 0 Å². The smallest absolute Gasteiger partial charge is 0.270 e. The second-order valence-corrected chi connectivity index (χ2v) is 4.51. The minimum Gasteiger partial charge on any atom is -0.349 e. The van der Waals surface area contributed by atoms with Crippen LogP contribution >= 0.6 is 0 Å². The monoisotopic (exact) mass is 310 g/mol. The molecule has 0 bridgehead atoms. The van der Waals surface area contributed by atoms with Crippen LogP contribution in [0.1, 0.15) is 5.56 Å². The molecule has 1 N–H and O–H groups in total. The SMILES string of the molecule is C=CCNC(=O)/C=C/c1cnc(-c2cccc([N+](=O)[O-])c2)nc1. The van der Waals surface area contributed by atoms with E-state index in [1.54, 1.807) is 36.7 Å². The zero-order valence-corrected chi connectivity index (χ0v) is 12.2. The summed E-state index contributed by atoms with van der Waals surface area (Å²) in [6.45, 7) is 3.90. The van der Waals surface area contributed by atoms with Crippen molar-refractivity contribution < 1.29 is 9.72 Å². The zero-order chi connectivity index (χ0) is 16.7. The standard InChI is InChI=1S/C16H14N4O3/c1-2-8-17-15(21)7-6-12-10-18-16(19-11-12)13-4-3-5-14(9-13)20(22)23/h2-7,9-11H,1,8H2,(H,17,21)/b7-6+. The molecular formula is C16H14N4O3. The van der Waals surface area contributed by atoms with Crippen LogP contribution in [0, 0.1) is 10.1 Å². The number of carbonyl (C=O) groups excluding carboxylic acids is 1. The Kier molecular flexibility index (Phi) is 5.30. The van der Waals surface area contributed by atoms with Crippen LogP contribution in [0.25, 0.3) is 17.5 Å². The van der Waals surface area contributed by atoms with E-state index in [2.05, 4.69) is 21.9 Å². The summed E-state index contributed by atoms with van der Waals surface area (Å²) in [5.74, 6) is 0.134. The average molecular weight is 310 g/mol. The Morgan fingerprint density at radius 2 is 2.09 bits per heavy atom. The molecule has 0 aliphatic carbocycles. The highest BCUT2D eigenvalue weighted by Crippen LogP contribution is 2.20. The molecule has 1 amide bonds. The maximum absolute atomic E-state index is 11.4. The number of aromatic nitrogens is 2. The van der Waals surface area contributed by atoms with E-state index >= 15 is 0 Å². The van der Waals surface area contributed by atoms with Crippen molar-refractivity contribution in [1.29, 1.82) is 0 Å². The fourth-order valence-corrected chi connectivity index (χ4v) is 1.74. The number of hydrogen-bond acceptors (Lipinski definition) is 5. The summed E-state index contributed by atoms with van der Waals surface area (Å²) in [5, 5.41) is 13.4. The van der Waals surface area contributed by atoms with Gasteiger partial charge in [0.15, 0.2) is 5.82 Å². The molecule has 7 heteroatoms. The lowest BCUT2D eigenvalue weighted by molar-refractivity contribution is -0.384. The Balaban J connectivity index is 2.12. The minimum absolute atomic E-state index is 0.0195. The molecule has 2 aromatic rings. The molecule has 2 rings (SSSR count). The number of nitrogens with zero attached hydrogens (tertiary/aromatic N) is 3. The number of non-ortho nitro benzene ring substituents is 1. The van der Waals surface area contributed by atoms with Gasteiger partial charge in [-0.1, -0.05) is 18.2 Å². The molecule has 0 aliphatic rings. The molecule has 1 aromatic heterocycles. The predicted octanol–water partition coefficient (Wildman–Crippen LogP) is 2.37. The van der Waals surface area contributed by atoms with Gasteiger partial charge in [-0.15, -0.1) is 6.58 Å². The van der Waals surface area contributed by atoms with E-state index in [-0.39, 0.29) is 11.6 Å². The average Bonchev–Trinajstić information content (AvgIpc) is 2.58. The van der Waals surface area contributed by atoms with E-state index in [0.29, 0.717) is 23.5 Å². The Labute approximate surface area is 132 Å². The summed E-state index contributed by atoms with van der Waals surface area (Å²) in [5.41, 5.74) is 1.18.